The Kier molecular flexibility index (Phi) is 7.69. The first-order chi connectivity index (χ1) is 10.4. The molecule has 0 aliphatic rings. The van der Waals surface area contributed by atoms with Crippen molar-refractivity contribution >= 4 is 5.57 Å². The standard InChI is InChI=1S/C20H29NO/c1-6-18(19-10-8-7-9-11-19)14-20(15(2)3)21-16(4)12-13-17(5)22/h6-11,16,20-22H,2,5,12-14H2,1,3-4H3/b18-6-. The van der Waals surface area contributed by atoms with E-state index < -0.39 is 0 Å². The monoisotopic (exact) mass is 299 g/mol. The summed E-state index contributed by atoms with van der Waals surface area (Å²) in [6, 6.07) is 11.0. The second-order valence-corrected chi connectivity index (χ2v) is 5.96. The summed E-state index contributed by atoms with van der Waals surface area (Å²) in [6.07, 6.45) is 4.59. The van der Waals surface area contributed by atoms with Crippen LogP contribution in [-0.4, -0.2) is 17.2 Å². The van der Waals surface area contributed by atoms with E-state index in [1.54, 1.807) is 0 Å². The fourth-order valence-electron chi connectivity index (χ4n) is 2.46. The zero-order valence-corrected chi connectivity index (χ0v) is 14.1. The van der Waals surface area contributed by atoms with E-state index >= 15 is 0 Å². The molecule has 2 heteroatoms. The first-order valence-electron chi connectivity index (χ1n) is 7.92. The summed E-state index contributed by atoms with van der Waals surface area (Å²) in [7, 11) is 0. The minimum atomic E-state index is 0.230. The molecule has 22 heavy (non-hydrogen) atoms. The van der Waals surface area contributed by atoms with Gasteiger partial charge in [-0.3, -0.25) is 0 Å². The molecule has 120 valence electrons. The highest BCUT2D eigenvalue weighted by molar-refractivity contribution is 5.66. The molecule has 0 aliphatic heterocycles. The van der Waals surface area contributed by atoms with Crippen LogP contribution in [0, 0.1) is 0 Å². The first-order valence-corrected chi connectivity index (χ1v) is 7.92. The van der Waals surface area contributed by atoms with E-state index in [9.17, 15) is 5.11 Å². The van der Waals surface area contributed by atoms with Crippen LogP contribution < -0.4 is 5.32 Å². The lowest BCUT2D eigenvalue weighted by Gasteiger charge is -2.25. The van der Waals surface area contributed by atoms with Gasteiger partial charge in [-0.25, -0.2) is 0 Å². The van der Waals surface area contributed by atoms with E-state index in [4.69, 9.17) is 0 Å². The van der Waals surface area contributed by atoms with E-state index in [1.807, 2.05) is 6.07 Å². The van der Waals surface area contributed by atoms with Gasteiger partial charge in [0.05, 0.1) is 5.76 Å². The summed E-state index contributed by atoms with van der Waals surface area (Å²) in [5.74, 6) is 0.249. The summed E-state index contributed by atoms with van der Waals surface area (Å²) in [5, 5.41) is 12.8. The van der Waals surface area contributed by atoms with Crippen molar-refractivity contribution in [1.29, 1.82) is 0 Å². The Bertz CT molecular complexity index is 516. The molecule has 0 aromatic heterocycles. The van der Waals surface area contributed by atoms with Gasteiger partial charge in [0.1, 0.15) is 0 Å². The predicted octanol–water partition coefficient (Wildman–Crippen LogP) is 5.25. The van der Waals surface area contributed by atoms with Crippen LogP contribution in [0.15, 0.2) is 60.9 Å². The largest absolute Gasteiger partial charge is 0.513 e. The zero-order valence-electron chi connectivity index (χ0n) is 14.1. The Morgan fingerprint density at radius 3 is 2.41 bits per heavy atom. The minimum Gasteiger partial charge on any atom is -0.513 e. The average Bonchev–Trinajstić information content (AvgIpc) is 2.50. The van der Waals surface area contributed by atoms with Crippen LogP contribution >= 0.6 is 0 Å². The van der Waals surface area contributed by atoms with E-state index in [0.717, 1.165) is 18.4 Å². The molecule has 0 saturated heterocycles. The van der Waals surface area contributed by atoms with Gasteiger partial charge in [0, 0.05) is 18.5 Å². The van der Waals surface area contributed by atoms with Gasteiger partial charge in [-0.15, -0.1) is 0 Å². The third-order valence-corrected chi connectivity index (χ3v) is 3.86. The summed E-state index contributed by atoms with van der Waals surface area (Å²) in [5.41, 5.74) is 3.71. The summed E-state index contributed by atoms with van der Waals surface area (Å²) < 4.78 is 0. The van der Waals surface area contributed by atoms with Gasteiger partial charge < -0.3 is 10.4 Å². The highest BCUT2D eigenvalue weighted by atomic mass is 16.3. The summed E-state index contributed by atoms with van der Waals surface area (Å²) in [6.45, 7) is 14.0. The maximum atomic E-state index is 9.23. The Morgan fingerprint density at radius 1 is 1.27 bits per heavy atom. The van der Waals surface area contributed by atoms with Gasteiger partial charge in [0.15, 0.2) is 0 Å². The number of hydrogen-bond acceptors (Lipinski definition) is 2. The van der Waals surface area contributed by atoms with Gasteiger partial charge >= 0.3 is 0 Å². The topological polar surface area (TPSA) is 32.3 Å². The first kappa shape index (κ1) is 18.2. The molecular formula is C20H29NO. The molecule has 0 bridgehead atoms. The fourth-order valence-corrected chi connectivity index (χ4v) is 2.46. The summed E-state index contributed by atoms with van der Waals surface area (Å²) in [4.78, 5) is 0. The average molecular weight is 299 g/mol. The van der Waals surface area contributed by atoms with Crippen LogP contribution in [0.4, 0.5) is 0 Å². The number of rotatable bonds is 9. The van der Waals surface area contributed by atoms with Crippen molar-refractivity contribution in [2.75, 3.05) is 0 Å². The van der Waals surface area contributed by atoms with Crippen molar-refractivity contribution in [3.63, 3.8) is 0 Å². The van der Waals surface area contributed by atoms with Crippen molar-refractivity contribution in [3.8, 4) is 0 Å². The molecule has 0 spiro atoms. The molecule has 2 unspecified atom stereocenters. The van der Waals surface area contributed by atoms with Gasteiger partial charge in [0.25, 0.3) is 0 Å². The smallest absolute Gasteiger partial charge is 0.0851 e. The predicted molar refractivity (Wildman–Crippen MR) is 96.9 cm³/mol. The third-order valence-electron chi connectivity index (χ3n) is 3.86. The van der Waals surface area contributed by atoms with Crippen LogP contribution in [0.25, 0.3) is 5.57 Å². The van der Waals surface area contributed by atoms with E-state index in [2.05, 4.69) is 69.6 Å². The van der Waals surface area contributed by atoms with Crippen molar-refractivity contribution in [3.05, 3.63) is 66.5 Å². The normalized spacial score (nSPS) is 14.4. The number of nitrogens with one attached hydrogen (secondary N) is 1. The zero-order chi connectivity index (χ0) is 16.5. The molecule has 0 heterocycles. The molecule has 1 aromatic rings. The molecule has 2 N–H and O–H groups in total. The summed E-state index contributed by atoms with van der Waals surface area (Å²) >= 11 is 0. The fraction of sp³-hybridized carbons (Fsp3) is 0.400. The molecular weight excluding hydrogens is 270 g/mol. The van der Waals surface area contributed by atoms with Crippen LogP contribution in [0.1, 0.15) is 45.6 Å². The Hall–Kier alpha value is -1.80. The third kappa shape index (κ3) is 6.31. The quantitative estimate of drug-likeness (QED) is 0.482. The van der Waals surface area contributed by atoms with Crippen LogP contribution in [-0.2, 0) is 0 Å². The number of aliphatic hydroxyl groups is 1. The Morgan fingerprint density at radius 2 is 1.91 bits per heavy atom. The van der Waals surface area contributed by atoms with Gasteiger partial charge in [-0.1, -0.05) is 55.1 Å². The highest BCUT2D eigenvalue weighted by Gasteiger charge is 2.15. The van der Waals surface area contributed by atoms with E-state index in [1.165, 1.54) is 11.1 Å². The van der Waals surface area contributed by atoms with Gasteiger partial charge in [-0.2, -0.15) is 0 Å². The molecule has 0 aliphatic carbocycles. The molecule has 1 aromatic carbocycles. The minimum absolute atomic E-state index is 0.230. The molecule has 0 amide bonds. The number of allylic oxidation sites excluding steroid dienone is 2. The molecule has 0 saturated carbocycles. The lowest BCUT2D eigenvalue weighted by atomic mass is 9.94. The maximum absolute atomic E-state index is 9.23. The molecule has 1 rings (SSSR count). The van der Waals surface area contributed by atoms with Crippen LogP contribution in [0.2, 0.25) is 0 Å². The van der Waals surface area contributed by atoms with Crippen molar-refractivity contribution < 1.29 is 5.11 Å². The van der Waals surface area contributed by atoms with Crippen LogP contribution in [0.3, 0.4) is 0 Å². The number of aliphatic hydroxyl groups excluding tert-OH is 1. The van der Waals surface area contributed by atoms with E-state index in [0.29, 0.717) is 12.5 Å². The lowest BCUT2D eigenvalue weighted by molar-refractivity contribution is 0.367. The Labute approximate surface area is 135 Å². The van der Waals surface area contributed by atoms with Gasteiger partial charge in [0.2, 0.25) is 0 Å². The second-order valence-electron chi connectivity index (χ2n) is 5.96. The number of hydrogen-bond donors (Lipinski definition) is 2. The van der Waals surface area contributed by atoms with Crippen molar-refractivity contribution in [2.45, 2.75) is 52.1 Å². The van der Waals surface area contributed by atoms with Crippen molar-refractivity contribution in [2.24, 2.45) is 0 Å². The number of benzene rings is 1. The maximum Gasteiger partial charge on any atom is 0.0851 e. The molecule has 2 atom stereocenters. The van der Waals surface area contributed by atoms with E-state index in [-0.39, 0.29) is 11.8 Å². The molecule has 0 radical (unpaired) electrons. The second kappa shape index (κ2) is 9.26. The van der Waals surface area contributed by atoms with Gasteiger partial charge in [-0.05, 0) is 44.7 Å². The molecule has 0 fully saturated rings. The lowest BCUT2D eigenvalue weighted by Crippen LogP contribution is -2.37. The molecule has 2 nitrogen and oxygen atoms in total. The SMILES string of the molecule is C=C(O)CCC(C)NC(C/C(=C/C)c1ccccc1)C(=C)C. The van der Waals surface area contributed by atoms with Crippen molar-refractivity contribution in [1.82, 2.24) is 5.32 Å². The van der Waals surface area contributed by atoms with Crippen LogP contribution in [0.5, 0.6) is 0 Å². The Balaban J connectivity index is 2.71. The highest BCUT2D eigenvalue weighted by Crippen LogP contribution is 2.22.